The number of hydrogen-bond donors (Lipinski definition) is 1. The Labute approximate surface area is 197 Å². The number of benzene rings is 2. The monoisotopic (exact) mass is 471 g/mol. The van der Waals surface area contributed by atoms with Gasteiger partial charge in [-0.2, -0.15) is 4.31 Å². The number of amides is 1. The van der Waals surface area contributed by atoms with Crippen molar-refractivity contribution in [2.24, 2.45) is 0 Å². The normalized spacial score (nSPS) is 11.4. The number of hydrogen-bond acceptors (Lipinski definition) is 5. The zero-order valence-electron chi connectivity index (χ0n) is 19.8. The fourth-order valence-corrected chi connectivity index (χ4v) is 5.03. The van der Waals surface area contributed by atoms with E-state index in [0.717, 1.165) is 11.1 Å². The van der Waals surface area contributed by atoms with Crippen LogP contribution in [-0.2, 0) is 21.4 Å². The molecular weight excluding hydrogens is 438 g/mol. The summed E-state index contributed by atoms with van der Waals surface area (Å²) in [6.45, 7) is 9.27. The van der Waals surface area contributed by atoms with Crippen LogP contribution in [0, 0.1) is 19.3 Å². The average Bonchev–Trinajstić information content (AvgIpc) is 2.77. The van der Waals surface area contributed by atoms with Crippen LogP contribution in [0.2, 0.25) is 0 Å². The Morgan fingerprint density at radius 2 is 1.76 bits per heavy atom. The molecule has 0 aliphatic heterocycles. The van der Waals surface area contributed by atoms with Crippen molar-refractivity contribution in [3.8, 4) is 18.1 Å². The van der Waals surface area contributed by atoms with E-state index >= 15 is 0 Å². The van der Waals surface area contributed by atoms with E-state index < -0.39 is 10.0 Å². The van der Waals surface area contributed by atoms with Crippen LogP contribution in [0.1, 0.15) is 31.9 Å². The fraction of sp³-hybridized carbons (Fsp3) is 0.400. The van der Waals surface area contributed by atoms with E-state index in [1.807, 2.05) is 36.1 Å². The van der Waals surface area contributed by atoms with E-state index in [1.54, 1.807) is 32.9 Å². The molecule has 2 aromatic rings. The molecule has 1 N–H and O–H groups in total. The molecule has 0 radical (unpaired) electrons. The summed E-state index contributed by atoms with van der Waals surface area (Å²) in [5, 5.41) is 2.79. The van der Waals surface area contributed by atoms with Crippen LogP contribution in [0.5, 0.6) is 5.75 Å². The van der Waals surface area contributed by atoms with Crippen molar-refractivity contribution in [3.05, 3.63) is 53.6 Å². The highest BCUT2D eigenvalue weighted by molar-refractivity contribution is 7.89. The van der Waals surface area contributed by atoms with Gasteiger partial charge in [-0.3, -0.25) is 9.69 Å². The van der Waals surface area contributed by atoms with Gasteiger partial charge in [0, 0.05) is 25.3 Å². The number of carbonyl (C=O) groups is 1. The van der Waals surface area contributed by atoms with E-state index in [-0.39, 0.29) is 23.1 Å². The molecule has 0 unspecified atom stereocenters. The molecule has 0 bridgehead atoms. The molecule has 0 saturated heterocycles. The molecule has 0 fully saturated rings. The number of sulfonamides is 1. The number of rotatable bonds is 12. The van der Waals surface area contributed by atoms with Crippen molar-refractivity contribution in [1.29, 1.82) is 0 Å². The Morgan fingerprint density at radius 1 is 1.09 bits per heavy atom. The van der Waals surface area contributed by atoms with Crippen molar-refractivity contribution in [3.63, 3.8) is 0 Å². The van der Waals surface area contributed by atoms with E-state index in [2.05, 4.69) is 11.2 Å². The lowest BCUT2D eigenvalue weighted by atomic mass is 10.1. The summed E-state index contributed by atoms with van der Waals surface area (Å²) >= 11 is 0. The fourth-order valence-electron chi connectivity index (χ4n) is 3.42. The lowest BCUT2D eigenvalue weighted by Crippen LogP contribution is -2.33. The summed E-state index contributed by atoms with van der Waals surface area (Å²) in [6.07, 6.45) is 5.49. The van der Waals surface area contributed by atoms with Gasteiger partial charge in [0.2, 0.25) is 15.9 Å². The van der Waals surface area contributed by atoms with E-state index in [1.165, 1.54) is 10.4 Å². The molecule has 0 aliphatic carbocycles. The summed E-state index contributed by atoms with van der Waals surface area (Å²) < 4.78 is 33.1. The summed E-state index contributed by atoms with van der Waals surface area (Å²) in [6, 6.07) is 12.7. The minimum Gasteiger partial charge on any atom is -0.492 e. The molecule has 0 atom stereocenters. The first kappa shape index (κ1) is 26.4. The second kappa shape index (κ2) is 12.4. The molecule has 0 spiro atoms. The molecule has 0 aliphatic rings. The second-order valence-corrected chi connectivity index (χ2v) is 9.47. The third-order valence-electron chi connectivity index (χ3n) is 5.06. The summed E-state index contributed by atoms with van der Waals surface area (Å²) in [4.78, 5) is 14.6. The number of nitrogens with zero attached hydrogens (tertiary/aromatic N) is 2. The number of ether oxygens (including phenoxy) is 1. The van der Waals surface area contributed by atoms with Gasteiger partial charge >= 0.3 is 0 Å². The van der Waals surface area contributed by atoms with Crippen LogP contribution in [0.4, 0.5) is 5.69 Å². The number of terminal acetylenes is 1. The quantitative estimate of drug-likeness (QED) is 0.480. The molecule has 2 aromatic carbocycles. The maximum absolute atomic E-state index is 13.1. The van der Waals surface area contributed by atoms with Gasteiger partial charge in [-0.1, -0.05) is 49.6 Å². The maximum atomic E-state index is 13.1. The second-order valence-electron chi connectivity index (χ2n) is 7.57. The summed E-state index contributed by atoms with van der Waals surface area (Å²) in [5.74, 6) is 2.56. The zero-order valence-corrected chi connectivity index (χ0v) is 20.6. The van der Waals surface area contributed by atoms with Gasteiger partial charge in [-0.25, -0.2) is 8.42 Å². The predicted molar refractivity (Wildman–Crippen MR) is 132 cm³/mol. The molecule has 0 aromatic heterocycles. The highest BCUT2D eigenvalue weighted by Crippen LogP contribution is 2.30. The molecule has 33 heavy (non-hydrogen) atoms. The van der Waals surface area contributed by atoms with Gasteiger partial charge in [-0.05, 0) is 37.6 Å². The lowest BCUT2D eigenvalue weighted by Gasteiger charge is -2.22. The zero-order chi connectivity index (χ0) is 24.4. The van der Waals surface area contributed by atoms with E-state index in [0.29, 0.717) is 38.5 Å². The van der Waals surface area contributed by atoms with Crippen LogP contribution < -0.4 is 10.1 Å². The third-order valence-corrected chi connectivity index (χ3v) is 7.13. The SMILES string of the molecule is C#CCN(CC(=O)Nc1ccc(OCC)c(S(=O)(=O)N(CC)CC)c1)Cc1ccc(C)cc1. The number of nitrogens with one attached hydrogen (secondary N) is 1. The van der Waals surface area contributed by atoms with Crippen LogP contribution >= 0.6 is 0 Å². The third kappa shape index (κ3) is 7.32. The molecular formula is C25H33N3O4S. The van der Waals surface area contributed by atoms with Gasteiger partial charge in [-0.15, -0.1) is 6.42 Å². The summed E-state index contributed by atoms with van der Waals surface area (Å²) in [5.41, 5.74) is 2.59. The molecule has 2 rings (SSSR count). The first-order valence-corrected chi connectivity index (χ1v) is 12.5. The van der Waals surface area contributed by atoms with Crippen molar-refractivity contribution < 1.29 is 17.9 Å². The van der Waals surface area contributed by atoms with Gasteiger partial charge in [0.05, 0.1) is 19.7 Å². The highest BCUT2D eigenvalue weighted by Gasteiger charge is 2.26. The van der Waals surface area contributed by atoms with Crippen molar-refractivity contribution in [1.82, 2.24) is 9.21 Å². The van der Waals surface area contributed by atoms with Crippen LogP contribution in [0.3, 0.4) is 0 Å². The Hall–Kier alpha value is -2.86. The van der Waals surface area contributed by atoms with Crippen molar-refractivity contribution in [2.45, 2.75) is 39.1 Å². The highest BCUT2D eigenvalue weighted by atomic mass is 32.2. The molecule has 1 amide bonds. The minimum atomic E-state index is -3.77. The number of carbonyl (C=O) groups excluding carboxylic acids is 1. The van der Waals surface area contributed by atoms with Crippen LogP contribution in [-0.4, -0.2) is 56.3 Å². The van der Waals surface area contributed by atoms with Gasteiger partial charge < -0.3 is 10.1 Å². The molecule has 178 valence electrons. The van der Waals surface area contributed by atoms with Crippen LogP contribution in [0.15, 0.2) is 47.4 Å². The molecule has 0 heterocycles. The predicted octanol–water partition coefficient (Wildman–Crippen LogP) is 3.50. The topological polar surface area (TPSA) is 79.0 Å². The minimum absolute atomic E-state index is 0.0333. The first-order valence-electron chi connectivity index (χ1n) is 11.0. The van der Waals surface area contributed by atoms with Crippen molar-refractivity contribution in [2.75, 3.05) is 38.1 Å². The molecule has 8 heteroatoms. The lowest BCUT2D eigenvalue weighted by molar-refractivity contribution is -0.117. The Bertz CT molecular complexity index is 1070. The number of aryl methyl sites for hydroxylation is 1. The Balaban J connectivity index is 2.21. The summed E-state index contributed by atoms with van der Waals surface area (Å²) in [7, 11) is -3.77. The standard InChI is InChI=1S/C25H33N3O4S/c1-6-16-27(18-21-12-10-20(5)11-13-21)19-25(29)26-22-14-15-23(32-9-4)24(17-22)33(30,31)28(7-2)8-3/h1,10-15,17H,7-9,16,18-19H2,2-5H3,(H,26,29). The Morgan fingerprint density at radius 3 is 2.33 bits per heavy atom. The van der Waals surface area contributed by atoms with Crippen molar-refractivity contribution >= 4 is 21.6 Å². The molecule has 0 saturated carbocycles. The first-order chi connectivity index (χ1) is 15.7. The Kier molecular flexibility index (Phi) is 9.92. The smallest absolute Gasteiger partial charge is 0.246 e. The maximum Gasteiger partial charge on any atom is 0.246 e. The van der Waals surface area contributed by atoms with Gasteiger partial charge in [0.15, 0.2) is 0 Å². The number of anilines is 1. The molecule has 7 nitrogen and oxygen atoms in total. The largest absolute Gasteiger partial charge is 0.492 e. The van der Waals surface area contributed by atoms with Gasteiger partial charge in [0.25, 0.3) is 0 Å². The van der Waals surface area contributed by atoms with E-state index in [4.69, 9.17) is 11.2 Å². The average molecular weight is 472 g/mol. The van der Waals surface area contributed by atoms with Gasteiger partial charge in [0.1, 0.15) is 10.6 Å². The van der Waals surface area contributed by atoms with Crippen LogP contribution in [0.25, 0.3) is 0 Å². The van der Waals surface area contributed by atoms with E-state index in [9.17, 15) is 13.2 Å².